The predicted molar refractivity (Wildman–Crippen MR) is 104 cm³/mol. The summed E-state index contributed by atoms with van der Waals surface area (Å²) in [6.07, 6.45) is 2.75. The summed E-state index contributed by atoms with van der Waals surface area (Å²) in [6.45, 7) is 5.62. The van der Waals surface area contributed by atoms with Crippen molar-refractivity contribution in [2.75, 3.05) is 11.9 Å². The van der Waals surface area contributed by atoms with Gasteiger partial charge in [0.15, 0.2) is 0 Å². The summed E-state index contributed by atoms with van der Waals surface area (Å²) in [5.74, 6) is -0.717. The van der Waals surface area contributed by atoms with Crippen LogP contribution in [0.4, 0.5) is 14.9 Å². The molecule has 1 aromatic carbocycles. The molecule has 3 rings (SSSR count). The predicted octanol–water partition coefficient (Wildman–Crippen LogP) is 3.02. The molecule has 1 aliphatic rings. The molecule has 1 fully saturated rings. The van der Waals surface area contributed by atoms with E-state index in [2.05, 4.69) is 15.7 Å². The zero-order valence-corrected chi connectivity index (χ0v) is 16.6. The zero-order valence-electron chi connectivity index (χ0n) is 16.6. The van der Waals surface area contributed by atoms with E-state index in [1.807, 2.05) is 0 Å². The number of rotatable bonds is 5. The second-order valence-electron chi connectivity index (χ2n) is 7.82. The number of benzene rings is 1. The molecule has 2 heterocycles. The van der Waals surface area contributed by atoms with Crippen molar-refractivity contribution in [3.63, 3.8) is 0 Å². The molecule has 1 saturated heterocycles. The molecule has 29 heavy (non-hydrogen) atoms. The van der Waals surface area contributed by atoms with E-state index >= 15 is 0 Å². The highest BCUT2D eigenvalue weighted by molar-refractivity contribution is 5.94. The monoisotopic (exact) mass is 404 g/mol. The molecule has 0 radical (unpaired) electrons. The number of carbonyl (C=O) groups excluding carboxylic acids is 2. The van der Waals surface area contributed by atoms with Gasteiger partial charge in [-0.05, 0) is 45.7 Å². The van der Waals surface area contributed by atoms with E-state index in [1.54, 1.807) is 39.0 Å². The quantitative estimate of drug-likeness (QED) is 0.799. The molecule has 9 heteroatoms. The molecule has 2 atom stereocenters. The summed E-state index contributed by atoms with van der Waals surface area (Å²) in [6, 6.07) is 6.23. The molecule has 0 bridgehead atoms. The number of carbonyl (C=O) groups is 2. The number of hydrogen-bond donors (Lipinski definition) is 2. The topological polar surface area (TPSA) is 94.5 Å². The molecule has 1 aliphatic heterocycles. The molecule has 2 unspecified atom stereocenters. The number of aromatic nitrogens is 2. The normalized spacial score (nSPS) is 19.0. The van der Waals surface area contributed by atoms with Gasteiger partial charge < -0.3 is 20.1 Å². The summed E-state index contributed by atoms with van der Waals surface area (Å²) in [4.78, 5) is 24.2. The summed E-state index contributed by atoms with van der Waals surface area (Å²) >= 11 is 0. The third kappa shape index (κ3) is 5.77. The first-order valence-corrected chi connectivity index (χ1v) is 9.44. The van der Waals surface area contributed by atoms with Crippen molar-refractivity contribution in [2.24, 2.45) is 0 Å². The minimum atomic E-state index is -0.628. The molecule has 2 amide bonds. The highest BCUT2D eigenvalue weighted by Crippen LogP contribution is 2.21. The number of alkyl carbamates (subject to hydrolysis) is 1. The summed E-state index contributed by atoms with van der Waals surface area (Å²) in [5, 5.41) is 9.46. The van der Waals surface area contributed by atoms with Crippen molar-refractivity contribution in [3.8, 4) is 5.69 Å². The second kappa shape index (κ2) is 8.60. The van der Waals surface area contributed by atoms with Gasteiger partial charge in [0.25, 0.3) is 5.91 Å². The van der Waals surface area contributed by atoms with Crippen LogP contribution < -0.4 is 10.6 Å². The standard InChI is InChI=1S/C20H25FN4O4/c1-20(2,3)29-19(27)22-11-14-8-9-17(28-14)18(26)24-13-10-23-25(12-13)16-7-5-4-6-15(16)21/h4-7,10,12,14,17H,8-9,11H2,1-3H3,(H,22,27)(H,24,26). The average Bonchev–Trinajstić information content (AvgIpc) is 3.28. The molecule has 2 N–H and O–H groups in total. The maximum absolute atomic E-state index is 13.8. The summed E-state index contributed by atoms with van der Waals surface area (Å²) < 4.78 is 26.1. The minimum Gasteiger partial charge on any atom is -0.444 e. The van der Waals surface area contributed by atoms with Crippen LogP contribution in [0, 0.1) is 5.82 Å². The minimum absolute atomic E-state index is 0.264. The third-order valence-corrected chi connectivity index (χ3v) is 4.22. The Balaban J connectivity index is 1.49. The van der Waals surface area contributed by atoms with Crippen molar-refractivity contribution >= 4 is 17.7 Å². The van der Waals surface area contributed by atoms with Crippen LogP contribution in [0.25, 0.3) is 5.69 Å². The van der Waals surface area contributed by atoms with Crippen molar-refractivity contribution in [2.45, 2.75) is 51.4 Å². The van der Waals surface area contributed by atoms with E-state index in [0.717, 1.165) is 0 Å². The SMILES string of the molecule is CC(C)(C)OC(=O)NCC1CCC(C(=O)Nc2cnn(-c3ccccc3F)c2)O1. The Morgan fingerprint density at radius 2 is 2.07 bits per heavy atom. The Labute approximate surface area is 168 Å². The van der Waals surface area contributed by atoms with E-state index < -0.39 is 23.6 Å². The van der Waals surface area contributed by atoms with E-state index in [-0.39, 0.29) is 18.6 Å². The lowest BCUT2D eigenvalue weighted by Gasteiger charge is -2.20. The van der Waals surface area contributed by atoms with Gasteiger partial charge in [0.1, 0.15) is 23.2 Å². The molecule has 0 saturated carbocycles. The van der Waals surface area contributed by atoms with Crippen molar-refractivity contribution < 1.29 is 23.5 Å². The number of ether oxygens (including phenoxy) is 2. The molecule has 2 aromatic rings. The molecule has 156 valence electrons. The average molecular weight is 404 g/mol. The highest BCUT2D eigenvalue weighted by atomic mass is 19.1. The van der Waals surface area contributed by atoms with Gasteiger partial charge in [0.2, 0.25) is 0 Å². The van der Waals surface area contributed by atoms with Crippen molar-refractivity contribution in [3.05, 3.63) is 42.5 Å². The van der Waals surface area contributed by atoms with Gasteiger partial charge in [-0.15, -0.1) is 0 Å². The Morgan fingerprint density at radius 1 is 1.31 bits per heavy atom. The maximum atomic E-state index is 13.8. The number of nitrogens with zero attached hydrogens (tertiary/aromatic N) is 2. The smallest absolute Gasteiger partial charge is 0.407 e. The summed E-state index contributed by atoms with van der Waals surface area (Å²) in [7, 11) is 0. The van der Waals surface area contributed by atoms with Crippen LogP contribution in [0.1, 0.15) is 33.6 Å². The zero-order chi connectivity index (χ0) is 21.0. The number of amides is 2. The number of nitrogens with one attached hydrogen (secondary N) is 2. The molecule has 1 aromatic heterocycles. The van der Waals surface area contributed by atoms with Gasteiger partial charge in [-0.25, -0.2) is 13.9 Å². The molecular weight excluding hydrogens is 379 g/mol. The van der Waals surface area contributed by atoms with Crippen LogP contribution in [0.15, 0.2) is 36.7 Å². The van der Waals surface area contributed by atoms with Gasteiger partial charge in [0.05, 0.1) is 24.2 Å². The fourth-order valence-electron chi connectivity index (χ4n) is 2.94. The van der Waals surface area contributed by atoms with E-state index in [9.17, 15) is 14.0 Å². The van der Waals surface area contributed by atoms with E-state index in [0.29, 0.717) is 24.2 Å². The Hall–Kier alpha value is -2.94. The van der Waals surface area contributed by atoms with E-state index in [1.165, 1.54) is 23.1 Å². The van der Waals surface area contributed by atoms with Gasteiger partial charge >= 0.3 is 6.09 Å². The first-order valence-electron chi connectivity index (χ1n) is 9.44. The van der Waals surface area contributed by atoms with Crippen LogP contribution >= 0.6 is 0 Å². The maximum Gasteiger partial charge on any atom is 0.407 e. The Bertz CT molecular complexity index is 877. The third-order valence-electron chi connectivity index (χ3n) is 4.22. The van der Waals surface area contributed by atoms with Crippen LogP contribution in [0.2, 0.25) is 0 Å². The van der Waals surface area contributed by atoms with Gasteiger partial charge in [-0.2, -0.15) is 5.10 Å². The van der Waals surface area contributed by atoms with Crippen LogP contribution in [0.3, 0.4) is 0 Å². The number of hydrogen-bond acceptors (Lipinski definition) is 5. The molecule has 0 aliphatic carbocycles. The number of para-hydroxylation sites is 1. The fourth-order valence-corrected chi connectivity index (χ4v) is 2.94. The molecular formula is C20H25FN4O4. The number of anilines is 1. The van der Waals surface area contributed by atoms with Crippen LogP contribution in [-0.4, -0.2) is 46.1 Å². The Morgan fingerprint density at radius 3 is 2.79 bits per heavy atom. The second-order valence-corrected chi connectivity index (χ2v) is 7.82. The molecule has 8 nitrogen and oxygen atoms in total. The Kier molecular flexibility index (Phi) is 6.17. The van der Waals surface area contributed by atoms with Crippen molar-refractivity contribution in [1.82, 2.24) is 15.1 Å². The highest BCUT2D eigenvalue weighted by Gasteiger charge is 2.31. The lowest BCUT2D eigenvalue weighted by atomic mass is 10.2. The lowest BCUT2D eigenvalue weighted by Crippen LogP contribution is -2.37. The first kappa shape index (κ1) is 20.8. The fraction of sp³-hybridized carbons (Fsp3) is 0.450. The van der Waals surface area contributed by atoms with Crippen LogP contribution in [0.5, 0.6) is 0 Å². The van der Waals surface area contributed by atoms with Crippen LogP contribution in [-0.2, 0) is 14.3 Å². The largest absolute Gasteiger partial charge is 0.444 e. The van der Waals surface area contributed by atoms with Crippen molar-refractivity contribution in [1.29, 1.82) is 0 Å². The summed E-state index contributed by atoms with van der Waals surface area (Å²) in [5.41, 5.74) is 0.159. The van der Waals surface area contributed by atoms with Gasteiger partial charge in [-0.1, -0.05) is 12.1 Å². The van der Waals surface area contributed by atoms with Gasteiger partial charge in [-0.3, -0.25) is 4.79 Å². The van der Waals surface area contributed by atoms with Gasteiger partial charge in [0, 0.05) is 6.54 Å². The lowest BCUT2D eigenvalue weighted by molar-refractivity contribution is -0.126. The number of halogens is 1. The first-order chi connectivity index (χ1) is 13.7. The van der Waals surface area contributed by atoms with E-state index in [4.69, 9.17) is 9.47 Å². The molecule has 0 spiro atoms.